The lowest BCUT2D eigenvalue weighted by atomic mass is 10.3. The third kappa shape index (κ3) is 1.96. The van der Waals surface area contributed by atoms with Crippen LogP contribution in [0.1, 0.15) is 26.0 Å². The summed E-state index contributed by atoms with van der Waals surface area (Å²) in [6.07, 6.45) is 2.77. The molecule has 1 aromatic rings. The summed E-state index contributed by atoms with van der Waals surface area (Å²) >= 11 is 0. The van der Waals surface area contributed by atoms with E-state index in [2.05, 4.69) is 9.97 Å². The topological polar surface area (TPSA) is 83.0 Å². The molecule has 0 radical (unpaired) electrons. The Kier molecular flexibility index (Phi) is 3.28. The summed E-state index contributed by atoms with van der Waals surface area (Å²) in [5.74, 6) is 0. The SMILES string of the molecule is CCCc1[nH]cnc1S(=O)(=O)C(C)O. The van der Waals surface area contributed by atoms with Gasteiger partial charge in [0.05, 0.1) is 12.0 Å². The van der Waals surface area contributed by atoms with E-state index in [9.17, 15) is 8.42 Å². The molecule has 1 atom stereocenters. The van der Waals surface area contributed by atoms with Crippen molar-refractivity contribution in [3.8, 4) is 0 Å². The monoisotopic (exact) mass is 218 g/mol. The third-order valence-electron chi connectivity index (χ3n) is 1.90. The van der Waals surface area contributed by atoms with Crippen LogP contribution in [-0.4, -0.2) is 28.9 Å². The van der Waals surface area contributed by atoms with Gasteiger partial charge >= 0.3 is 0 Å². The minimum Gasteiger partial charge on any atom is -0.377 e. The molecule has 0 bridgehead atoms. The lowest BCUT2D eigenvalue weighted by molar-refractivity contribution is 0.268. The van der Waals surface area contributed by atoms with E-state index in [1.54, 1.807) is 0 Å². The molecule has 1 aromatic heterocycles. The summed E-state index contributed by atoms with van der Waals surface area (Å²) in [4.78, 5) is 6.49. The molecule has 1 unspecified atom stereocenters. The lowest BCUT2D eigenvalue weighted by Gasteiger charge is -2.05. The van der Waals surface area contributed by atoms with Crippen LogP contribution in [0.4, 0.5) is 0 Å². The number of nitrogens with one attached hydrogen (secondary N) is 1. The number of nitrogens with zero attached hydrogens (tertiary/aromatic N) is 1. The van der Waals surface area contributed by atoms with Crippen molar-refractivity contribution in [3.63, 3.8) is 0 Å². The van der Waals surface area contributed by atoms with Gasteiger partial charge in [0.15, 0.2) is 10.5 Å². The number of aromatic nitrogens is 2. The highest BCUT2D eigenvalue weighted by Crippen LogP contribution is 2.16. The Morgan fingerprint density at radius 3 is 2.79 bits per heavy atom. The first kappa shape index (κ1) is 11.2. The first-order chi connectivity index (χ1) is 6.50. The quantitative estimate of drug-likeness (QED) is 0.769. The number of sulfone groups is 1. The fourth-order valence-corrected chi connectivity index (χ4v) is 2.17. The Morgan fingerprint density at radius 2 is 2.29 bits per heavy atom. The molecule has 14 heavy (non-hydrogen) atoms. The smallest absolute Gasteiger partial charge is 0.223 e. The van der Waals surface area contributed by atoms with Crippen LogP contribution in [0.3, 0.4) is 0 Å². The molecule has 0 amide bonds. The van der Waals surface area contributed by atoms with Gasteiger partial charge in [0.2, 0.25) is 9.84 Å². The van der Waals surface area contributed by atoms with Gasteiger partial charge in [-0.05, 0) is 13.3 Å². The number of aliphatic hydroxyl groups is 1. The Morgan fingerprint density at radius 1 is 1.64 bits per heavy atom. The van der Waals surface area contributed by atoms with E-state index in [0.29, 0.717) is 12.1 Å². The summed E-state index contributed by atoms with van der Waals surface area (Å²) in [6, 6.07) is 0. The van der Waals surface area contributed by atoms with Gasteiger partial charge in [0.25, 0.3) is 0 Å². The number of hydrogen-bond donors (Lipinski definition) is 2. The number of rotatable bonds is 4. The van der Waals surface area contributed by atoms with Gasteiger partial charge in [0, 0.05) is 0 Å². The van der Waals surface area contributed by atoms with Gasteiger partial charge in [-0.3, -0.25) is 0 Å². The van der Waals surface area contributed by atoms with Crippen LogP contribution >= 0.6 is 0 Å². The van der Waals surface area contributed by atoms with E-state index in [1.807, 2.05) is 6.92 Å². The van der Waals surface area contributed by atoms with Crippen LogP contribution in [-0.2, 0) is 16.3 Å². The average molecular weight is 218 g/mol. The molecule has 1 rings (SSSR count). The van der Waals surface area contributed by atoms with E-state index in [0.717, 1.165) is 6.42 Å². The number of aromatic amines is 1. The van der Waals surface area contributed by atoms with Crippen molar-refractivity contribution in [2.24, 2.45) is 0 Å². The highest BCUT2D eigenvalue weighted by Gasteiger charge is 2.26. The molecule has 80 valence electrons. The summed E-state index contributed by atoms with van der Waals surface area (Å²) in [7, 11) is -3.67. The Hall–Kier alpha value is -0.880. The molecule has 6 heteroatoms. The fraction of sp³-hybridized carbons (Fsp3) is 0.625. The molecular weight excluding hydrogens is 204 g/mol. The van der Waals surface area contributed by atoms with E-state index in [1.165, 1.54) is 13.3 Å². The number of aliphatic hydroxyl groups excluding tert-OH is 1. The largest absolute Gasteiger partial charge is 0.377 e. The normalized spacial score (nSPS) is 14.2. The van der Waals surface area contributed by atoms with Gasteiger partial charge in [0.1, 0.15) is 0 Å². The van der Waals surface area contributed by atoms with Crippen LogP contribution in [0.2, 0.25) is 0 Å². The average Bonchev–Trinajstić information content (AvgIpc) is 2.53. The molecule has 0 saturated carbocycles. The van der Waals surface area contributed by atoms with Crippen molar-refractivity contribution in [2.75, 3.05) is 0 Å². The highest BCUT2D eigenvalue weighted by atomic mass is 32.2. The van der Waals surface area contributed by atoms with E-state index in [-0.39, 0.29) is 5.03 Å². The third-order valence-corrected chi connectivity index (χ3v) is 3.69. The van der Waals surface area contributed by atoms with Gasteiger partial charge in [-0.25, -0.2) is 13.4 Å². The standard InChI is InChI=1S/C8H14N2O3S/c1-3-4-7-8(10-5-9-7)14(12,13)6(2)11/h5-6,11H,3-4H2,1-2H3,(H,9,10). The first-order valence-corrected chi connectivity index (χ1v) is 5.99. The minimum absolute atomic E-state index is 0.0330. The lowest BCUT2D eigenvalue weighted by Crippen LogP contribution is -2.18. The zero-order valence-electron chi connectivity index (χ0n) is 8.19. The zero-order chi connectivity index (χ0) is 10.8. The Bertz CT molecular complexity index is 394. The molecule has 0 fully saturated rings. The molecule has 0 aliphatic heterocycles. The molecular formula is C8H14N2O3S. The van der Waals surface area contributed by atoms with E-state index < -0.39 is 15.3 Å². The second-order valence-electron chi connectivity index (χ2n) is 3.08. The number of aryl methyl sites for hydroxylation is 1. The second-order valence-corrected chi connectivity index (χ2v) is 5.24. The van der Waals surface area contributed by atoms with Crippen molar-refractivity contribution >= 4 is 9.84 Å². The maximum absolute atomic E-state index is 11.6. The predicted octanol–water partition coefficient (Wildman–Crippen LogP) is 0.474. The molecule has 0 aromatic carbocycles. The van der Waals surface area contributed by atoms with Crippen LogP contribution in [0, 0.1) is 0 Å². The molecule has 5 nitrogen and oxygen atoms in total. The Labute approximate surface area is 83.1 Å². The van der Waals surface area contributed by atoms with Gasteiger partial charge in [-0.2, -0.15) is 0 Å². The predicted molar refractivity (Wildman–Crippen MR) is 51.4 cm³/mol. The van der Waals surface area contributed by atoms with Gasteiger partial charge in [-0.15, -0.1) is 0 Å². The maximum Gasteiger partial charge on any atom is 0.223 e. The van der Waals surface area contributed by atoms with Crippen LogP contribution in [0.25, 0.3) is 0 Å². The molecule has 2 N–H and O–H groups in total. The van der Waals surface area contributed by atoms with Crippen molar-refractivity contribution in [3.05, 3.63) is 12.0 Å². The Balaban J connectivity index is 3.13. The van der Waals surface area contributed by atoms with Crippen LogP contribution in [0.5, 0.6) is 0 Å². The molecule has 1 heterocycles. The van der Waals surface area contributed by atoms with Crippen molar-refractivity contribution < 1.29 is 13.5 Å². The maximum atomic E-state index is 11.6. The summed E-state index contributed by atoms with van der Waals surface area (Å²) in [5.41, 5.74) is -0.852. The number of H-pyrrole nitrogens is 1. The van der Waals surface area contributed by atoms with Crippen molar-refractivity contribution in [1.29, 1.82) is 0 Å². The number of hydrogen-bond acceptors (Lipinski definition) is 4. The molecule has 0 spiro atoms. The summed E-state index contributed by atoms with van der Waals surface area (Å²) in [6.45, 7) is 3.17. The van der Waals surface area contributed by atoms with Gasteiger partial charge in [-0.1, -0.05) is 13.3 Å². The second kappa shape index (κ2) is 4.10. The molecule has 0 saturated heterocycles. The van der Waals surface area contributed by atoms with Crippen LogP contribution < -0.4 is 0 Å². The molecule has 0 aliphatic rings. The fourth-order valence-electron chi connectivity index (χ4n) is 1.14. The van der Waals surface area contributed by atoms with Crippen molar-refractivity contribution in [1.82, 2.24) is 9.97 Å². The number of imidazole rings is 1. The first-order valence-electron chi connectivity index (χ1n) is 4.44. The van der Waals surface area contributed by atoms with Crippen LogP contribution in [0.15, 0.2) is 11.4 Å². The minimum atomic E-state index is -3.67. The molecule has 0 aliphatic carbocycles. The van der Waals surface area contributed by atoms with E-state index in [4.69, 9.17) is 5.11 Å². The summed E-state index contributed by atoms with van der Waals surface area (Å²) in [5, 5.41) is 9.07. The zero-order valence-corrected chi connectivity index (χ0v) is 9.00. The van der Waals surface area contributed by atoms with Crippen molar-refractivity contribution in [2.45, 2.75) is 37.2 Å². The van der Waals surface area contributed by atoms with E-state index >= 15 is 0 Å². The summed E-state index contributed by atoms with van der Waals surface area (Å²) < 4.78 is 23.1. The van der Waals surface area contributed by atoms with Gasteiger partial charge < -0.3 is 10.1 Å². The highest BCUT2D eigenvalue weighted by molar-refractivity contribution is 7.91.